The van der Waals surface area contributed by atoms with Crippen LogP contribution in [0.25, 0.3) is 0 Å². The topological polar surface area (TPSA) is 84.6 Å². The molecule has 1 heterocycles. The largest absolute Gasteiger partial charge is 0.489 e. The first-order valence-electron chi connectivity index (χ1n) is 7.86. The van der Waals surface area contributed by atoms with Crippen molar-refractivity contribution in [3.8, 4) is 5.75 Å². The standard InChI is InChI=1S/C17H23N5O2.HI/c1-4-10-23-15-9-7-6-8-14(15)11-19-17(18-5-2)20-12-16-21-13(3)24-22-16;/h4,6-9H,1,5,10-12H2,2-3H3,(H2,18,19,20);1H. The Hall–Kier alpha value is -2.10. The molecule has 0 aliphatic rings. The number of guanidine groups is 1. The van der Waals surface area contributed by atoms with Gasteiger partial charge in [-0.05, 0) is 13.0 Å². The Morgan fingerprint density at radius 3 is 2.84 bits per heavy atom. The normalized spacial score (nSPS) is 10.7. The summed E-state index contributed by atoms with van der Waals surface area (Å²) in [6.45, 7) is 9.60. The van der Waals surface area contributed by atoms with Crippen LogP contribution in [0.5, 0.6) is 5.75 Å². The summed E-state index contributed by atoms with van der Waals surface area (Å²) >= 11 is 0. The van der Waals surface area contributed by atoms with E-state index in [9.17, 15) is 0 Å². The lowest BCUT2D eigenvalue weighted by molar-refractivity contribution is 0.359. The SMILES string of the molecule is C=CCOc1ccccc1CN=C(NCC)NCc1noc(C)n1.I. The van der Waals surface area contributed by atoms with Crippen molar-refractivity contribution in [3.63, 3.8) is 0 Å². The summed E-state index contributed by atoms with van der Waals surface area (Å²) in [5.41, 5.74) is 1.01. The highest BCUT2D eigenvalue weighted by Crippen LogP contribution is 2.18. The van der Waals surface area contributed by atoms with Gasteiger partial charge in [0.1, 0.15) is 12.4 Å². The van der Waals surface area contributed by atoms with E-state index in [0.29, 0.717) is 37.4 Å². The maximum atomic E-state index is 5.65. The Balaban J connectivity index is 0.00000312. The molecule has 0 aliphatic heterocycles. The zero-order valence-electron chi connectivity index (χ0n) is 14.5. The summed E-state index contributed by atoms with van der Waals surface area (Å²) in [4.78, 5) is 8.73. The molecule has 0 spiro atoms. The summed E-state index contributed by atoms with van der Waals surface area (Å²) in [6, 6.07) is 7.83. The van der Waals surface area contributed by atoms with Crippen LogP contribution >= 0.6 is 24.0 Å². The molecule has 136 valence electrons. The van der Waals surface area contributed by atoms with E-state index in [1.807, 2.05) is 31.2 Å². The van der Waals surface area contributed by atoms with Gasteiger partial charge >= 0.3 is 0 Å². The molecule has 0 saturated heterocycles. The molecule has 2 rings (SSSR count). The first kappa shape index (κ1) is 20.9. The van der Waals surface area contributed by atoms with Gasteiger partial charge in [0.25, 0.3) is 0 Å². The maximum absolute atomic E-state index is 5.65. The van der Waals surface area contributed by atoms with Crippen molar-refractivity contribution in [3.05, 3.63) is 54.2 Å². The molecule has 0 saturated carbocycles. The zero-order chi connectivity index (χ0) is 17.2. The average molecular weight is 457 g/mol. The highest BCUT2D eigenvalue weighted by Gasteiger charge is 2.05. The predicted molar refractivity (Wildman–Crippen MR) is 108 cm³/mol. The van der Waals surface area contributed by atoms with E-state index in [-0.39, 0.29) is 24.0 Å². The van der Waals surface area contributed by atoms with E-state index >= 15 is 0 Å². The second kappa shape index (κ2) is 11.5. The first-order valence-corrected chi connectivity index (χ1v) is 7.86. The Morgan fingerprint density at radius 1 is 1.36 bits per heavy atom. The van der Waals surface area contributed by atoms with Crippen LogP contribution in [0.15, 0.2) is 46.4 Å². The third kappa shape index (κ3) is 7.12. The lowest BCUT2D eigenvalue weighted by Gasteiger charge is -2.11. The minimum Gasteiger partial charge on any atom is -0.489 e. The molecule has 2 N–H and O–H groups in total. The number of hydrogen-bond donors (Lipinski definition) is 2. The number of aryl methyl sites for hydroxylation is 1. The smallest absolute Gasteiger partial charge is 0.223 e. The Kier molecular flexibility index (Phi) is 9.60. The molecule has 0 radical (unpaired) electrons. The quantitative estimate of drug-likeness (QED) is 0.275. The van der Waals surface area contributed by atoms with Crippen LogP contribution in [0.4, 0.5) is 0 Å². The molecule has 0 atom stereocenters. The molecule has 0 bridgehead atoms. The van der Waals surface area contributed by atoms with Crippen molar-refractivity contribution < 1.29 is 9.26 Å². The van der Waals surface area contributed by atoms with Crippen molar-refractivity contribution in [1.82, 2.24) is 20.8 Å². The maximum Gasteiger partial charge on any atom is 0.223 e. The molecule has 0 amide bonds. The van der Waals surface area contributed by atoms with Crippen molar-refractivity contribution >= 4 is 29.9 Å². The molecule has 1 aromatic heterocycles. The van der Waals surface area contributed by atoms with Gasteiger partial charge in [-0.2, -0.15) is 4.98 Å². The Labute approximate surface area is 165 Å². The number of halogens is 1. The number of benzene rings is 1. The molecule has 7 nitrogen and oxygen atoms in total. The van der Waals surface area contributed by atoms with Crippen LogP contribution in [0.2, 0.25) is 0 Å². The van der Waals surface area contributed by atoms with Gasteiger partial charge in [-0.3, -0.25) is 0 Å². The van der Waals surface area contributed by atoms with E-state index in [1.54, 1.807) is 13.0 Å². The van der Waals surface area contributed by atoms with Crippen LogP contribution in [0, 0.1) is 6.92 Å². The lowest BCUT2D eigenvalue weighted by atomic mass is 10.2. The molecule has 25 heavy (non-hydrogen) atoms. The van der Waals surface area contributed by atoms with E-state index in [1.165, 1.54) is 0 Å². The molecule has 0 fully saturated rings. The third-order valence-electron chi connectivity index (χ3n) is 3.06. The minimum atomic E-state index is 0. The Bertz CT molecular complexity index is 687. The molecule has 1 aromatic carbocycles. The van der Waals surface area contributed by atoms with Gasteiger partial charge < -0.3 is 19.9 Å². The van der Waals surface area contributed by atoms with Crippen LogP contribution in [0.3, 0.4) is 0 Å². The molecular weight excluding hydrogens is 433 g/mol. The third-order valence-corrected chi connectivity index (χ3v) is 3.06. The molecule has 2 aromatic rings. The molecule has 0 unspecified atom stereocenters. The molecular formula is C17H24IN5O2. The summed E-state index contributed by atoms with van der Waals surface area (Å²) in [7, 11) is 0. The van der Waals surface area contributed by atoms with Gasteiger partial charge in [-0.1, -0.05) is 36.0 Å². The van der Waals surface area contributed by atoms with Crippen LogP contribution < -0.4 is 15.4 Å². The van der Waals surface area contributed by atoms with Gasteiger partial charge in [0.15, 0.2) is 11.8 Å². The van der Waals surface area contributed by atoms with E-state index in [2.05, 4.69) is 32.3 Å². The van der Waals surface area contributed by atoms with Gasteiger partial charge in [0.05, 0.1) is 13.1 Å². The fourth-order valence-electron chi connectivity index (χ4n) is 2.01. The summed E-state index contributed by atoms with van der Waals surface area (Å²) in [5, 5.41) is 10.2. The molecule has 8 heteroatoms. The van der Waals surface area contributed by atoms with Gasteiger partial charge in [-0.25, -0.2) is 4.99 Å². The van der Waals surface area contributed by atoms with Crippen molar-refractivity contribution in [1.29, 1.82) is 0 Å². The first-order chi connectivity index (χ1) is 11.7. The number of para-hydroxylation sites is 1. The predicted octanol–water partition coefficient (Wildman–Crippen LogP) is 2.82. The van der Waals surface area contributed by atoms with Crippen molar-refractivity contribution in [2.75, 3.05) is 13.2 Å². The summed E-state index contributed by atoms with van der Waals surface area (Å²) in [6.07, 6.45) is 1.72. The van der Waals surface area contributed by atoms with Crippen LogP contribution in [0.1, 0.15) is 24.2 Å². The number of ether oxygens (including phenoxy) is 1. The number of nitrogens with one attached hydrogen (secondary N) is 2. The van der Waals surface area contributed by atoms with E-state index in [4.69, 9.17) is 9.26 Å². The van der Waals surface area contributed by atoms with E-state index in [0.717, 1.165) is 17.9 Å². The number of rotatable bonds is 8. The lowest BCUT2D eigenvalue weighted by Crippen LogP contribution is -2.37. The molecule has 0 aliphatic carbocycles. The second-order valence-corrected chi connectivity index (χ2v) is 4.99. The van der Waals surface area contributed by atoms with E-state index < -0.39 is 0 Å². The number of nitrogens with zero attached hydrogens (tertiary/aromatic N) is 3. The number of aromatic nitrogens is 2. The fraction of sp³-hybridized carbons (Fsp3) is 0.353. The van der Waals surface area contributed by atoms with Crippen molar-refractivity contribution in [2.24, 2.45) is 4.99 Å². The zero-order valence-corrected chi connectivity index (χ0v) is 16.8. The Morgan fingerprint density at radius 2 is 2.16 bits per heavy atom. The highest BCUT2D eigenvalue weighted by atomic mass is 127. The van der Waals surface area contributed by atoms with Gasteiger partial charge in [0, 0.05) is 19.0 Å². The van der Waals surface area contributed by atoms with Gasteiger partial charge in [-0.15, -0.1) is 24.0 Å². The van der Waals surface area contributed by atoms with Crippen LogP contribution in [-0.4, -0.2) is 29.3 Å². The van der Waals surface area contributed by atoms with Crippen LogP contribution in [-0.2, 0) is 13.1 Å². The highest BCUT2D eigenvalue weighted by molar-refractivity contribution is 14.0. The fourth-order valence-corrected chi connectivity index (χ4v) is 2.01. The minimum absolute atomic E-state index is 0. The summed E-state index contributed by atoms with van der Waals surface area (Å²) < 4.78 is 10.6. The number of hydrogen-bond acceptors (Lipinski definition) is 5. The van der Waals surface area contributed by atoms with Gasteiger partial charge in [0.2, 0.25) is 5.89 Å². The summed E-state index contributed by atoms with van der Waals surface area (Å²) in [5.74, 6) is 2.62. The van der Waals surface area contributed by atoms with Crippen molar-refractivity contribution in [2.45, 2.75) is 26.9 Å². The average Bonchev–Trinajstić information content (AvgIpc) is 3.01. The second-order valence-electron chi connectivity index (χ2n) is 4.99. The monoisotopic (exact) mass is 457 g/mol. The number of aliphatic imine (C=N–C) groups is 1.